The fourth-order valence-electron chi connectivity index (χ4n) is 3.76. The predicted octanol–water partition coefficient (Wildman–Crippen LogP) is 3.95. The summed E-state index contributed by atoms with van der Waals surface area (Å²) in [7, 11) is 0. The predicted molar refractivity (Wildman–Crippen MR) is 118 cm³/mol. The molecule has 1 aliphatic heterocycles. The van der Waals surface area contributed by atoms with Crippen molar-refractivity contribution in [3.8, 4) is 11.4 Å². The van der Waals surface area contributed by atoms with Gasteiger partial charge in [0.05, 0.1) is 29.0 Å². The third-order valence-corrected chi connectivity index (χ3v) is 5.33. The summed E-state index contributed by atoms with van der Waals surface area (Å²) in [4.78, 5) is 15.9. The lowest BCUT2D eigenvalue weighted by molar-refractivity contribution is 0.553. The Labute approximate surface area is 176 Å². The van der Waals surface area contributed by atoms with Gasteiger partial charge in [0, 0.05) is 31.9 Å². The monoisotopic (exact) mass is 411 g/mol. The second kappa shape index (κ2) is 8.39. The minimum absolute atomic E-state index is 0.0593. The minimum atomic E-state index is -0.0593. The summed E-state index contributed by atoms with van der Waals surface area (Å²) in [6.07, 6.45) is 3.65. The molecule has 2 aromatic heterocycles. The molecule has 4 rings (SSSR count). The first-order valence-electron chi connectivity index (χ1n) is 9.88. The molecule has 0 aliphatic carbocycles. The summed E-state index contributed by atoms with van der Waals surface area (Å²) in [6.45, 7) is 8.80. The van der Waals surface area contributed by atoms with Crippen LogP contribution in [0.25, 0.3) is 11.4 Å². The Kier molecular flexibility index (Phi) is 5.69. The standard InChI is InChI=1S/C21H26ClN7/c1-14(2)29-15(3)25-12-19(29)17-8-9-24-21(27-17)26-16-6-4-5-7-18(16)28-11-10-23-20(22)13-28/h4-9,12,14,20,23H,10-11,13H2,1-3H3,(H,24,26,27). The summed E-state index contributed by atoms with van der Waals surface area (Å²) in [5, 5.41) is 6.66. The molecule has 29 heavy (non-hydrogen) atoms. The molecule has 3 heterocycles. The number of alkyl halides is 1. The molecule has 3 aromatic rings. The van der Waals surface area contributed by atoms with Gasteiger partial charge in [-0.05, 0) is 39.0 Å². The first-order valence-corrected chi connectivity index (χ1v) is 10.3. The van der Waals surface area contributed by atoms with Gasteiger partial charge in [-0.3, -0.25) is 5.32 Å². The zero-order valence-corrected chi connectivity index (χ0v) is 17.7. The average molecular weight is 412 g/mol. The smallest absolute Gasteiger partial charge is 0.227 e. The molecular weight excluding hydrogens is 386 g/mol. The van der Waals surface area contributed by atoms with Gasteiger partial charge < -0.3 is 14.8 Å². The van der Waals surface area contributed by atoms with Crippen molar-refractivity contribution in [2.24, 2.45) is 0 Å². The van der Waals surface area contributed by atoms with E-state index >= 15 is 0 Å². The Morgan fingerprint density at radius 1 is 1.21 bits per heavy atom. The minimum Gasteiger partial charge on any atom is -0.366 e. The molecule has 152 valence electrons. The average Bonchev–Trinajstić information content (AvgIpc) is 3.10. The largest absolute Gasteiger partial charge is 0.366 e. The van der Waals surface area contributed by atoms with E-state index in [2.05, 4.69) is 50.0 Å². The van der Waals surface area contributed by atoms with E-state index in [-0.39, 0.29) is 5.50 Å². The van der Waals surface area contributed by atoms with Gasteiger partial charge in [0.2, 0.25) is 5.95 Å². The third-order valence-electron chi connectivity index (χ3n) is 5.04. The maximum atomic E-state index is 6.30. The maximum absolute atomic E-state index is 6.30. The van der Waals surface area contributed by atoms with Gasteiger partial charge in [-0.1, -0.05) is 12.1 Å². The molecule has 8 heteroatoms. The lowest BCUT2D eigenvalue weighted by Crippen LogP contribution is -2.48. The lowest BCUT2D eigenvalue weighted by atomic mass is 10.2. The van der Waals surface area contributed by atoms with Crippen molar-refractivity contribution in [2.45, 2.75) is 32.3 Å². The number of nitrogens with one attached hydrogen (secondary N) is 2. The normalized spacial score (nSPS) is 17.0. The fourth-order valence-corrected chi connectivity index (χ4v) is 4.03. The molecule has 0 saturated carbocycles. The van der Waals surface area contributed by atoms with Gasteiger partial charge in [0.25, 0.3) is 0 Å². The highest BCUT2D eigenvalue weighted by atomic mass is 35.5. The number of nitrogens with zero attached hydrogens (tertiary/aromatic N) is 5. The van der Waals surface area contributed by atoms with Crippen LogP contribution in [0.1, 0.15) is 25.7 Å². The Morgan fingerprint density at radius 2 is 2.03 bits per heavy atom. The van der Waals surface area contributed by atoms with Crippen LogP contribution in [0.5, 0.6) is 0 Å². The van der Waals surface area contributed by atoms with E-state index in [4.69, 9.17) is 16.6 Å². The van der Waals surface area contributed by atoms with Crippen molar-refractivity contribution in [1.29, 1.82) is 0 Å². The number of piperazine rings is 1. The van der Waals surface area contributed by atoms with Crippen molar-refractivity contribution in [3.63, 3.8) is 0 Å². The number of hydrogen-bond acceptors (Lipinski definition) is 6. The van der Waals surface area contributed by atoms with E-state index in [1.807, 2.05) is 37.4 Å². The molecule has 0 bridgehead atoms. The van der Waals surface area contributed by atoms with Crippen LogP contribution < -0.4 is 15.5 Å². The molecule has 1 unspecified atom stereocenters. The van der Waals surface area contributed by atoms with Crippen LogP contribution in [-0.2, 0) is 0 Å². The highest BCUT2D eigenvalue weighted by Gasteiger charge is 2.20. The van der Waals surface area contributed by atoms with Crippen molar-refractivity contribution >= 4 is 28.9 Å². The molecule has 0 radical (unpaired) electrons. The summed E-state index contributed by atoms with van der Waals surface area (Å²) in [5.74, 6) is 1.53. The van der Waals surface area contributed by atoms with E-state index < -0.39 is 0 Å². The topological polar surface area (TPSA) is 70.9 Å². The number of anilines is 3. The third kappa shape index (κ3) is 4.21. The first-order chi connectivity index (χ1) is 14.0. The molecule has 0 spiro atoms. The zero-order valence-electron chi connectivity index (χ0n) is 16.9. The highest BCUT2D eigenvalue weighted by molar-refractivity contribution is 6.20. The summed E-state index contributed by atoms with van der Waals surface area (Å²) in [5.41, 5.74) is 3.83. The number of imidazole rings is 1. The summed E-state index contributed by atoms with van der Waals surface area (Å²) in [6, 6.07) is 10.4. The van der Waals surface area contributed by atoms with Gasteiger partial charge in [-0.25, -0.2) is 15.0 Å². The van der Waals surface area contributed by atoms with Crippen molar-refractivity contribution in [1.82, 2.24) is 24.8 Å². The van der Waals surface area contributed by atoms with Crippen LogP contribution in [0, 0.1) is 6.92 Å². The van der Waals surface area contributed by atoms with E-state index in [1.54, 1.807) is 6.20 Å². The highest BCUT2D eigenvalue weighted by Crippen LogP contribution is 2.30. The number of aryl methyl sites for hydroxylation is 1. The fraction of sp³-hybridized carbons (Fsp3) is 0.381. The Balaban J connectivity index is 1.63. The molecule has 1 aromatic carbocycles. The van der Waals surface area contributed by atoms with Crippen molar-refractivity contribution in [2.75, 3.05) is 29.9 Å². The van der Waals surface area contributed by atoms with E-state index in [9.17, 15) is 0 Å². The quantitative estimate of drug-likeness (QED) is 0.489. The summed E-state index contributed by atoms with van der Waals surface area (Å²) < 4.78 is 2.18. The molecular formula is C21H26ClN7. The molecule has 1 aliphatic rings. The maximum Gasteiger partial charge on any atom is 0.227 e. The second-order valence-electron chi connectivity index (χ2n) is 7.43. The van der Waals surface area contributed by atoms with E-state index in [1.165, 1.54) is 0 Å². The molecule has 7 nitrogen and oxygen atoms in total. The van der Waals surface area contributed by atoms with Crippen molar-refractivity contribution in [3.05, 3.63) is 48.5 Å². The number of halogens is 1. The first kappa shape index (κ1) is 19.7. The van der Waals surface area contributed by atoms with Gasteiger partial charge in [-0.15, -0.1) is 11.6 Å². The van der Waals surface area contributed by atoms with Crippen LogP contribution in [0.3, 0.4) is 0 Å². The molecule has 2 N–H and O–H groups in total. The summed E-state index contributed by atoms with van der Waals surface area (Å²) >= 11 is 6.30. The zero-order chi connectivity index (χ0) is 20.4. The van der Waals surface area contributed by atoms with Gasteiger partial charge in [0.15, 0.2) is 0 Å². The second-order valence-corrected chi connectivity index (χ2v) is 7.96. The lowest BCUT2D eigenvalue weighted by Gasteiger charge is -2.33. The molecule has 1 atom stereocenters. The molecule has 1 saturated heterocycles. The number of hydrogen-bond donors (Lipinski definition) is 2. The Morgan fingerprint density at radius 3 is 2.83 bits per heavy atom. The van der Waals surface area contributed by atoms with Crippen LogP contribution in [0.15, 0.2) is 42.7 Å². The van der Waals surface area contributed by atoms with Gasteiger partial charge >= 0.3 is 0 Å². The Bertz CT molecular complexity index is 985. The Hall–Kier alpha value is -2.64. The van der Waals surface area contributed by atoms with Crippen LogP contribution in [0.4, 0.5) is 17.3 Å². The molecule has 1 fully saturated rings. The van der Waals surface area contributed by atoms with E-state index in [0.717, 1.165) is 48.2 Å². The van der Waals surface area contributed by atoms with Gasteiger partial charge in [0.1, 0.15) is 11.3 Å². The number of rotatable bonds is 5. The number of benzene rings is 1. The number of aromatic nitrogens is 4. The van der Waals surface area contributed by atoms with Crippen LogP contribution in [0.2, 0.25) is 0 Å². The SMILES string of the molecule is Cc1ncc(-c2ccnc(Nc3ccccc3N3CCNC(Cl)C3)n2)n1C(C)C. The van der Waals surface area contributed by atoms with Crippen LogP contribution >= 0.6 is 11.6 Å². The van der Waals surface area contributed by atoms with Gasteiger partial charge in [-0.2, -0.15) is 0 Å². The molecule has 0 amide bonds. The number of para-hydroxylation sites is 2. The van der Waals surface area contributed by atoms with E-state index in [0.29, 0.717) is 12.0 Å². The van der Waals surface area contributed by atoms with Crippen LogP contribution in [-0.4, -0.2) is 44.7 Å². The van der Waals surface area contributed by atoms with Crippen molar-refractivity contribution < 1.29 is 0 Å².